The van der Waals surface area contributed by atoms with E-state index in [-0.39, 0.29) is 0 Å². The van der Waals surface area contributed by atoms with Crippen LogP contribution in [0.25, 0.3) is 11.1 Å². The van der Waals surface area contributed by atoms with Gasteiger partial charge in [-0.25, -0.2) is 8.42 Å². The Labute approximate surface area is 178 Å². The van der Waals surface area contributed by atoms with Gasteiger partial charge in [0.2, 0.25) is 15.9 Å². The maximum absolute atomic E-state index is 13.1. The van der Waals surface area contributed by atoms with Crippen molar-refractivity contribution in [3.05, 3.63) is 83.9 Å². The van der Waals surface area contributed by atoms with Gasteiger partial charge in [0.25, 0.3) is 0 Å². The molecule has 0 radical (unpaired) electrons. The second-order valence-electron chi connectivity index (χ2n) is 7.43. The van der Waals surface area contributed by atoms with Crippen LogP contribution in [0.4, 0.5) is 11.4 Å². The molecular weight excluding hydrogens is 396 g/mol. The van der Waals surface area contributed by atoms with Crippen LogP contribution in [0.1, 0.15) is 18.1 Å². The summed E-state index contributed by atoms with van der Waals surface area (Å²) < 4.78 is 26.4. The molecule has 3 aromatic carbocycles. The lowest BCUT2D eigenvalue weighted by Crippen LogP contribution is -2.45. The third kappa shape index (κ3) is 4.71. The van der Waals surface area contributed by atoms with E-state index in [0.717, 1.165) is 28.5 Å². The molecule has 0 aliphatic rings. The van der Waals surface area contributed by atoms with Crippen molar-refractivity contribution in [1.82, 2.24) is 0 Å². The van der Waals surface area contributed by atoms with Crippen LogP contribution < -0.4 is 9.62 Å². The molecule has 1 N–H and O–H groups in total. The fourth-order valence-electron chi connectivity index (χ4n) is 3.44. The average molecular weight is 423 g/mol. The first-order chi connectivity index (χ1) is 14.2. The average Bonchev–Trinajstić information content (AvgIpc) is 2.70. The molecule has 1 amide bonds. The van der Waals surface area contributed by atoms with E-state index in [2.05, 4.69) is 5.32 Å². The van der Waals surface area contributed by atoms with E-state index in [4.69, 9.17) is 0 Å². The summed E-state index contributed by atoms with van der Waals surface area (Å²) in [5, 5.41) is 2.92. The molecule has 3 rings (SSSR count). The van der Waals surface area contributed by atoms with Gasteiger partial charge >= 0.3 is 0 Å². The van der Waals surface area contributed by atoms with Gasteiger partial charge in [0.15, 0.2) is 0 Å². The molecule has 0 unspecified atom stereocenters. The van der Waals surface area contributed by atoms with Crippen LogP contribution in [0.2, 0.25) is 0 Å². The third-order valence-corrected chi connectivity index (χ3v) is 6.19. The summed E-state index contributed by atoms with van der Waals surface area (Å²) in [6.45, 7) is 5.33. The largest absolute Gasteiger partial charge is 0.324 e. The standard InChI is InChI=1S/C24H26N2O3S/c1-17-14-15-18(2)23(16-17)26(30(4,28)29)19(3)24(27)25-22-13-9-8-12-21(22)20-10-6-5-7-11-20/h5-16,19H,1-4H3,(H,25,27)/t19-/m0/s1. The number of hydrogen-bond donors (Lipinski definition) is 1. The van der Waals surface area contributed by atoms with Crippen LogP contribution in [0.5, 0.6) is 0 Å². The van der Waals surface area contributed by atoms with Crippen molar-refractivity contribution >= 4 is 27.3 Å². The van der Waals surface area contributed by atoms with E-state index in [0.29, 0.717) is 11.4 Å². The van der Waals surface area contributed by atoms with Gasteiger partial charge in [-0.3, -0.25) is 9.10 Å². The van der Waals surface area contributed by atoms with Gasteiger partial charge in [0.05, 0.1) is 11.9 Å². The molecule has 0 saturated heterocycles. The molecular formula is C24H26N2O3S. The van der Waals surface area contributed by atoms with Crippen molar-refractivity contribution in [1.29, 1.82) is 0 Å². The molecule has 0 aliphatic carbocycles. The fraction of sp³-hybridized carbons (Fsp3) is 0.208. The normalized spacial score (nSPS) is 12.3. The fourth-order valence-corrected chi connectivity index (χ4v) is 4.66. The summed E-state index contributed by atoms with van der Waals surface area (Å²) in [6.07, 6.45) is 1.12. The first kappa shape index (κ1) is 21.6. The van der Waals surface area contributed by atoms with E-state index < -0.39 is 22.0 Å². The zero-order chi connectivity index (χ0) is 21.9. The van der Waals surface area contributed by atoms with Crippen LogP contribution in [0.3, 0.4) is 0 Å². The van der Waals surface area contributed by atoms with Gasteiger partial charge in [0.1, 0.15) is 6.04 Å². The number of anilines is 2. The zero-order valence-corrected chi connectivity index (χ0v) is 18.4. The molecule has 0 aromatic heterocycles. The number of carbonyl (C=O) groups is 1. The van der Waals surface area contributed by atoms with E-state index in [1.165, 1.54) is 4.31 Å². The molecule has 30 heavy (non-hydrogen) atoms. The molecule has 0 bridgehead atoms. The molecule has 0 fully saturated rings. The van der Waals surface area contributed by atoms with Crippen LogP contribution >= 0.6 is 0 Å². The summed E-state index contributed by atoms with van der Waals surface area (Å²) in [5.74, 6) is -0.398. The Balaban J connectivity index is 1.96. The predicted octanol–water partition coefficient (Wildman–Crippen LogP) is 4.76. The topological polar surface area (TPSA) is 66.5 Å². The summed E-state index contributed by atoms with van der Waals surface area (Å²) in [5.41, 5.74) is 4.69. The van der Waals surface area contributed by atoms with Crippen molar-refractivity contribution in [2.24, 2.45) is 0 Å². The summed E-state index contributed by atoms with van der Waals surface area (Å²) >= 11 is 0. The van der Waals surface area contributed by atoms with E-state index in [9.17, 15) is 13.2 Å². The minimum Gasteiger partial charge on any atom is -0.324 e. The smallest absolute Gasteiger partial charge is 0.248 e. The quantitative estimate of drug-likeness (QED) is 0.623. The van der Waals surface area contributed by atoms with Gasteiger partial charge in [-0.2, -0.15) is 0 Å². The molecule has 3 aromatic rings. The highest BCUT2D eigenvalue weighted by Gasteiger charge is 2.30. The van der Waals surface area contributed by atoms with E-state index in [1.807, 2.05) is 80.6 Å². The number of hydrogen-bond acceptors (Lipinski definition) is 3. The van der Waals surface area contributed by atoms with Gasteiger partial charge in [0, 0.05) is 11.3 Å². The molecule has 6 heteroatoms. The number of carbonyl (C=O) groups excluding carboxylic acids is 1. The van der Waals surface area contributed by atoms with Crippen LogP contribution in [0, 0.1) is 13.8 Å². The number of nitrogens with zero attached hydrogens (tertiary/aromatic N) is 1. The first-order valence-electron chi connectivity index (χ1n) is 9.70. The lowest BCUT2D eigenvalue weighted by molar-refractivity contribution is -0.116. The molecule has 0 aliphatic heterocycles. The van der Waals surface area contributed by atoms with Crippen molar-refractivity contribution in [2.75, 3.05) is 15.9 Å². The van der Waals surface area contributed by atoms with Gasteiger partial charge < -0.3 is 5.32 Å². The minimum atomic E-state index is -3.68. The minimum absolute atomic E-state index is 0.398. The highest BCUT2D eigenvalue weighted by Crippen LogP contribution is 2.30. The van der Waals surface area contributed by atoms with Crippen molar-refractivity contribution < 1.29 is 13.2 Å². The summed E-state index contributed by atoms with van der Waals surface area (Å²) in [6, 6.07) is 21.9. The Kier molecular flexibility index (Phi) is 6.27. The monoisotopic (exact) mass is 422 g/mol. The van der Waals surface area contributed by atoms with Gasteiger partial charge in [-0.05, 0) is 49.6 Å². The third-order valence-electron chi connectivity index (χ3n) is 4.96. The van der Waals surface area contributed by atoms with E-state index in [1.54, 1.807) is 13.0 Å². The molecule has 1 atom stereocenters. The Bertz CT molecular complexity index is 1160. The number of amides is 1. The second kappa shape index (κ2) is 8.71. The Morgan fingerprint density at radius 2 is 1.57 bits per heavy atom. The highest BCUT2D eigenvalue weighted by molar-refractivity contribution is 7.92. The summed E-state index contributed by atoms with van der Waals surface area (Å²) in [4.78, 5) is 13.1. The SMILES string of the molecule is Cc1ccc(C)c(N([C@@H](C)C(=O)Nc2ccccc2-c2ccccc2)S(C)(=O)=O)c1. The van der Waals surface area contributed by atoms with E-state index >= 15 is 0 Å². The Hall–Kier alpha value is -3.12. The molecule has 156 valence electrons. The molecule has 0 heterocycles. The highest BCUT2D eigenvalue weighted by atomic mass is 32.2. The first-order valence-corrected chi connectivity index (χ1v) is 11.6. The lowest BCUT2D eigenvalue weighted by atomic mass is 10.0. The van der Waals surface area contributed by atoms with Crippen molar-refractivity contribution in [3.8, 4) is 11.1 Å². The van der Waals surface area contributed by atoms with Gasteiger partial charge in [-0.1, -0.05) is 60.7 Å². The number of sulfonamides is 1. The number of aryl methyl sites for hydroxylation is 2. The number of rotatable bonds is 6. The Morgan fingerprint density at radius 1 is 0.933 bits per heavy atom. The van der Waals surface area contributed by atoms with Gasteiger partial charge in [-0.15, -0.1) is 0 Å². The maximum atomic E-state index is 13.1. The molecule has 0 saturated carbocycles. The molecule has 0 spiro atoms. The zero-order valence-electron chi connectivity index (χ0n) is 17.6. The number of para-hydroxylation sites is 1. The van der Waals surface area contributed by atoms with Crippen LogP contribution in [-0.2, 0) is 14.8 Å². The summed E-state index contributed by atoms with van der Waals surface area (Å²) in [7, 11) is -3.68. The van der Waals surface area contributed by atoms with Crippen molar-refractivity contribution in [2.45, 2.75) is 26.8 Å². The predicted molar refractivity (Wildman–Crippen MR) is 123 cm³/mol. The van der Waals surface area contributed by atoms with Crippen LogP contribution in [-0.4, -0.2) is 26.6 Å². The molecule has 5 nitrogen and oxygen atoms in total. The lowest BCUT2D eigenvalue weighted by Gasteiger charge is -2.30. The van der Waals surface area contributed by atoms with Crippen LogP contribution in [0.15, 0.2) is 72.8 Å². The number of nitrogens with one attached hydrogen (secondary N) is 1. The number of benzene rings is 3. The maximum Gasteiger partial charge on any atom is 0.248 e. The Morgan fingerprint density at radius 3 is 2.23 bits per heavy atom. The van der Waals surface area contributed by atoms with Crippen molar-refractivity contribution in [3.63, 3.8) is 0 Å². The second-order valence-corrected chi connectivity index (χ2v) is 9.29.